The molecule has 0 unspecified atom stereocenters. The van der Waals surface area contributed by atoms with E-state index in [0.29, 0.717) is 40.8 Å². The first-order valence-corrected chi connectivity index (χ1v) is 14.7. The van der Waals surface area contributed by atoms with Crippen molar-refractivity contribution in [3.63, 3.8) is 0 Å². The molecule has 12 nitrogen and oxygen atoms in total. The van der Waals surface area contributed by atoms with E-state index >= 15 is 0 Å². The lowest BCUT2D eigenvalue weighted by molar-refractivity contribution is -0.903. The Kier molecular flexibility index (Phi) is 9.51. The third-order valence-electron chi connectivity index (χ3n) is 8.26. The second-order valence-electron chi connectivity index (χ2n) is 11.8. The molecule has 0 spiro atoms. The quantitative estimate of drug-likeness (QED) is 0.120. The SMILES string of the molecule is CCN(CC)CCNC(=O)c1c(C)[nH]c(/C=C2\C(=O)Nc3ccc(CC[N+](C)(C)Cc4c([N+](=O)[O-])ncn4C)cc32)c1C. The van der Waals surface area contributed by atoms with Crippen molar-refractivity contribution in [1.29, 1.82) is 0 Å². The fraction of sp³-hybridized carbons (Fsp3) is 0.452. The maximum absolute atomic E-state index is 13.0. The van der Waals surface area contributed by atoms with Gasteiger partial charge in [-0.05, 0) is 66.2 Å². The summed E-state index contributed by atoms with van der Waals surface area (Å²) in [5.41, 5.74) is 6.61. The van der Waals surface area contributed by atoms with E-state index in [-0.39, 0.29) is 17.6 Å². The molecule has 2 aromatic heterocycles. The van der Waals surface area contributed by atoms with Crippen LogP contribution in [0.4, 0.5) is 11.5 Å². The fourth-order valence-electron chi connectivity index (χ4n) is 5.59. The summed E-state index contributed by atoms with van der Waals surface area (Å²) in [7, 11) is 5.84. The predicted octanol–water partition coefficient (Wildman–Crippen LogP) is 3.66. The summed E-state index contributed by atoms with van der Waals surface area (Å²) in [4.78, 5) is 46.5. The highest BCUT2D eigenvalue weighted by Crippen LogP contribution is 2.35. The highest BCUT2D eigenvalue weighted by Gasteiger charge is 2.29. The Bertz CT molecular complexity index is 1560. The number of aromatic amines is 1. The Balaban J connectivity index is 1.50. The van der Waals surface area contributed by atoms with Crippen LogP contribution >= 0.6 is 0 Å². The monoisotopic (exact) mass is 591 g/mol. The maximum atomic E-state index is 13.0. The largest absolute Gasteiger partial charge is 0.390 e. The summed E-state index contributed by atoms with van der Waals surface area (Å²) in [5, 5.41) is 17.4. The number of nitrogens with zero attached hydrogens (tertiary/aromatic N) is 5. The number of quaternary nitrogens is 1. The van der Waals surface area contributed by atoms with Crippen molar-refractivity contribution in [1.82, 2.24) is 24.8 Å². The lowest BCUT2D eigenvalue weighted by Gasteiger charge is -2.29. The summed E-state index contributed by atoms with van der Waals surface area (Å²) in [6.07, 6.45) is 4.01. The molecule has 43 heavy (non-hydrogen) atoms. The van der Waals surface area contributed by atoms with E-state index in [1.54, 1.807) is 11.6 Å². The van der Waals surface area contributed by atoms with Gasteiger partial charge in [0.05, 0.1) is 31.8 Å². The first-order chi connectivity index (χ1) is 20.3. The molecule has 0 aliphatic carbocycles. The number of amides is 2. The van der Waals surface area contributed by atoms with Crippen LogP contribution in [0, 0.1) is 24.0 Å². The van der Waals surface area contributed by atoms with Gasteiger partial charge in [-0.15, -0.1) is 0 Å². The van der Waals surface area contributed by atoms with Gasteiger partial charge in [0.25, 0.3) is 11.8 Å². The van der Waals surface area contributed by atoms with Gasteiger partial charge in [0.2, 0.25) is 6.33 Å². The van der Waals surface area contributed by atoms with E-state index in [0.717, 1.165) is 59.9 Å². The number of hydrogen-bond donors (Lipinski definition) is 3. The molecule has 3 N–H and O–H groups in total. The second kappa shape index (κ2) is 12.9. The highest BCUT2D eigenvalue weighted by molar-refractivity contribution is 6.35. The minimum absolute atomic E-state index is 0.110. The third-order valence-corrected chi connectivity index (χ3v) is 8.26. The van der Waals surface area contributed by atoms with Crippen LogP contribution in [0.15, 0.2) is 24.5 Å². The molecule has 0 atom stereocenters. The molecule has 230 valence electrons. The molecule has 1 aliphatic rings. The average molecular weight is 592 g/mol. The summed E-state index contributed by atoms with van der Waals surface area (Å²) >= 11 is 0. The number of nitro groups is 1. The van der Waals surface area contributed by atoms with E-state index in [2.05, 4.69) is 39.3 Å². The number of hydrogen-bond acceptors (Lipinski definition) is 6. The van der Waals surface area contributed by atoms with E-state index in [4.69, 9.17) is 0 Å². The first-order valence-electron chi connectivity index (χ1n) is 14.7. The number of aryl methyl sites for hydroxylation is 2. The summed E-state index contributed by atoms with van der Waals surface area (Å²) in [5.74, 6) is -0.428. The Morgan fingerprint density at radius 3 is 2.63 bits per heavy atom. The van der Waals surface area contributed by atoms with Crippen LogP contribution in [0.25, 0.3) is 11.6 Å². The first kappa shape index (κ1) is 31.6. The van der Waals surface area contributed by atoms with Gasteiger partial charge in [-0.2, -0.15) is 0 Å². The molecule has 0 saturated heterocycles. The number of nitrogens with one attached hydrogen (secondary N) is 3. The van der Waals surface area contributed by atoms with Crippen molar-refractivity contribution >= 4 is 35.0 Å². The molecular formula is C31H43N8O4+. The topological polar surface area (TPSA) is 138 Å². The molecule has 0 bridgehead atoms. The number of fused-ring (bicyclic) bond motifs is 1. The molecule has 1 aromatic carbocycles. The van der Waals surface area contributed by atoms with Gasteiger partial charge in [-0.3, -0.25) is 9.59 Å². The number of rotatable bonds is 13. The smallest absolute Gasteiger partial charge is 0.358 e. The van der Waals surface area contributed by atoms with Gasteiger partial charge in [-0.25, -0.2) is 0 Å². The number of H-pyrrole nitrogens is 1. The molecule has 3 aromatic rings. The van der Waals surface area contributed by atoms with Crippen LogP contribution in [0.1, 0.15) is 58.0 Å². The minimum atomic E-state index is -0.441. The lowest BCUT2D eigenvalue weighted by Crippen LogP contribution is -2.41. The van der Waals surface area contributed by atoms with Crippen LogP contribution in [-0.4, -0.2) is 87.5 Å². The highest BCUT2D eigenvalue weighted by atomic mass is 16.6. The van der Waals surface area contributed by atoms with E-state index in [1.165, 1.54) is 6.33 Å². The number of carbonyl (C=O) groups is 2. The zero-order valence-electron chi connectivity index (χ0n) is 26.2. The number of anilines is 1. The van der Waals surface area contributed by atoms with Crippen molar-refractivity contribution in [2.24, 2.45) is 7.05 Å². The number of likely N-dealkylation sites (N-methyl/N-ethyl adjacent to an activating group) is 2. The third kappa shape index (κ3) is 7.03. The molecular weight excluding hydrogens is 548 g/mol. The van der Waals surface area contributed by atoms with Crippen molar-refractivity contribution in [2.45, 2.75) is 40.7 Å². The summed E-state index contributed by atoms with van der Waals surface area (Å²) in [6, 6.07) is 5.94. The number of aromatic nitrogens is 3. The van der Waals surface area contributed by atoms with Crippen molar-refractivity contribution < 1.29 is 19.0 Å². The average Bonchev–Trinajstić information content (AvgIpc) is 3.57. The second-order valence-corrected chi connectivity index (χ2v) is 11.8. The number of benzene rings is 1. The van der Waals surface area contributed by atoms with E-state index < -0.39 is 4.92 Å². The van der Waals surface area contributed by atoms with Crippen LogP contribution in [-0.2, 0) is 24.8 Å². The number of carbonyl (C=O) groups excluding carboxylic acids is 2. The van der Waals surface area contributed by atoms with Gasteiger partial charge < -0.3 is 39.7 Å². The van der Waals surface area contributed by atoms with Crippen molar-refractivity contribution in [3.05, 3.63) is 74.0 Å². The molecule has 0 saturated carbocycles. The van der Waals surface area contributed by atoms with Crippen LogP contribution in [0.3, 0.4) is 0 Å². The normalized spacial score (nSPS) is 14.0. The molecule has 0 fully saturated rings. The Morgan fingerprint density at radius 2 is 1.95 bits per heavy atom. The minimum Gasteiger partial charge on any atom is -0.358 e. The van der Waals surface area contributed by atoms with Gasteiger partial charge >= 0.3 is 5.82 Å². The van der Waals surface area contributed by atoms with Gasteiger partial charge in [-0.1, -0.05) is 19.9 Å². The lowest BCUT2D eigenvalue weighted by atomic mass is 10.0. The summed E-state index contributed by atoms with van der Waals surface area (Å²) < 4.78 is 2.23. The van der Waals surface area contributed by atoms with Crippen LogP contribution in [0.2, 0.25) is 0 Å². The molecule has 2 amide bonds. The zero-order chi connectivity index (χ0) is 31.5. The summed E-state index contributed by atoms with van der Waals surface area (Å²) in [6.45, 7) is 12.4. The van der Waals surface area contributed by atoms with Gasteiger partial charge in [0.15, 0.2) is 5.69 Å². The molecule has 3 heterocycles. The maximum Gasteiger partial charge on any atom is 0.390 e. The van der Waals surface area contributed by atoms with Crippen molar-refractivity contribution in [2.75, 3.05) is 52.1 Å². The van der Waals surface area contributed by atoms with Gasteiger partial charge in [0.1, 0.15) is 6.54 Å². The zero-order valence-corrected chi connectivity index (χ0v) is 26.2. The van der Waals surface area contributed by atoms with Crippen LogP contribution < -0.4 is 10.6 Å². The van der Waals surface area contributed by atoms with Crippen molar-refractivity contribution in [3.8, 4) is 0 Å². The van der Waals surface area contributed by atoms with E-state index in [9.17, 15) is 19.7 Å². The number of imidazole rings is 1. The van der Waals surface area contributed by atoms with Gasteiger partial charge in [0, 0.05) is 49.2 Å². The molecule has 12 heteroatoms. The Hall–Kier alpha value is -4.29. The molecule has 1 aliphatic heterocycles. The van der Waals surface area contributed by atoms with Crippen LogP contribution in [0.5, 0.6) is 0 Å². The molecule has 0 radical (unpaired) electrons. The molecule has 4 rings (SSSR count). The predicted molar refractivity (Wildman–Crippen MR) is 168 cm³/mol. The standard InChI is InChI=1S/C31H42N8O4/c1-8-37(9-2)14-13-32-31(41)28-20(3)26(34-21(28)4)17-24-23-16-22(10-11-25(23)35-30(24)40)12-15-39(6,7)18-27-29(38(42)43)33-19-36(27)5/h10-11,16-17,19H,8-9,12-15,18H2,1-7H3,(H2-,32,34,35,40,41)/p+1. The van der Waals surface area contributed by atoms with E-state index in [1.807, 2.05) is 52.2 Å². The Labute approximate surface area is 252 Å². The Morgan fingerprint density at radius 1 is 1.23 bits per heavy atom. The fourth-order valence-corrected chi connectivity index (χ4v) is 5.59.